The van der Waals surface area contributed by atoms with Gasteiger partial charge in [0.2, 0.25) is 5.88 Å². The Hall–Kier alpha value is -3.29. The molecule has 122 valence electrons. The largest absolute Gasteiger partial charge is 0.491 e. The number of ether oxygens (including phenoxy) is 2. The van der Waals surface area contributed by atoms with Crippen molar-refractivity contribution in [2.24, 2.45) is 0 Å². The summed E-state index contributed by atoms with van der Waals surface area (Å²) in [5.74, 6) is 0.700. The maximum atomic E-state index is 9.41. The second-order valence-corrected chi connectivity index (χ2v) is 4.65. The van der Waals surface area contributed by atoms with Gasteiger partial charge in [0.1, 0.15) is 24.2 Å². The lowest BCUT2D eigenvalue weighted by Gasteiger charge is -2.13. The van der Waals surface area contributed by atoms with Crippen LogP contribution in [0, 0.1) is 17.9 Å². The van der Waals surface area contributed by atoms with E-state index in [-0.39, 0.29) is 36.2 Å². The normalized spacial score (nSPS) is 9.83. The van der Waals surface area contributed by atoms with Crippen molar-refractivity contribution in [3.8, 4) is 28.8 Å². The Morgan fingerprint density at radius 2 is 2.04 bits per heavy atom. The van der Waals surface area contributed by atoms with Gasteiger partial charge in [0.15, 0.2) is 0 Å². The van der Waals surface area contributed by atoms with E-state index in [9.17, 15) is 5.26 Å². The third-order valence-corrected chi connectivity index (χ3v) is 3.18. The van der Waals surface area contributed by atoms with Crippen molar-refractivity contribution in [1.82, 2.24) is 4.98 Å². The summed E-state index contributed by atoms with van der Waals surface area (Å²) in [5.41, 5.74) is 7.14. The van der Waals surface area contributed by atoms with Crippen LogP contribution in [-0.2, 0) is 0 Å². The molecule has 0 atom stereocenters. The van der Waals surface area contributed by atoms with Crippen LogP contribution < -0.4 is 15.2 Å². The molecule has 0 bridgehead atoms. The van der Waals surface area contributed by atoms with Crippen LogP contribution in [0.1, 0.15) is 12.5 Å². The number of nitrogens with zero attached hydrogens (tertiary/aromatic N) is 3. The smallest absolute Gasteiger partial charge is 0.256 e. The lowest BCUT2D eigenvalue weighted by Crippen LogP contribution is -2.03. The molecule has 0 spiro atoms. The summed E-state index contributed by atoms with van der Waals surface area (Å²) in [6, 6.07) is 8.82. The van der Waals surface area contributed by atoms with Crippen LogP contribution in [-0.4, -0.2) is 29.9 Å². The fraction of sp³-hybridized carbons (Fsp3) is 0.235. The zero-order valence-corrected chi connectivity index (χ0v) is 13.1. The van der Waals surface area contributed by atoms with E-state index >= 15 is 0 Å². The Morgan fingerprint density at radius 1 is 1.33 bits per heavy atom. The third-order valence-electron chi connectivity index (χ3n) is 3.18. The van der Waals surface area contributed by atoms with E-state index in [1.54, 1.807) is 31.2 Å². The number of pyridine rings is 1. The van der Waals surface area contributed by atoms with Crippen molar-refractivity contribution < 1.29 is 14.6 Å². The molecule has 0 saturated carbocycles. The minimum atomic E-state index is -0.0825. The topological polar surface area (TPSA) is 106 Å². The Balaban J connectivity index is 2.59. The Morgan fingerprint density at radius 3 is 2.58 bits per heavy atom. The van der Waals surface area contributed by atoms with Crippen LogP contribution in [0.5, 0.6) is 11.6 Å². The number of hydrogen-bond acceptors (Lipinski definition) is 6. The van der Waals surface area contributed by atoms with Gasteiger partial charge in [-0.15, -0.1) is 0 Å². The second kappa shape index (κ2) is 7.82. The Labute approximate surface area is 139 Å². The minimum absolute atomic E-state index is 0.0176. The summed E-state index contributed by atoms with van der Waals surface area (Å²) < 4.78 is 10.7. The monoisotopic (exact) mass is 324 g/mol. The van der Waals surface area contributed by atoms with Gasteiger partial charge in [0.25, 0.3) is 5.69 Å². The number of benzene rings is 1. The predicted octanol–water partition coefficient (Wildman–Crippen LogP) is 2.52. The van der Waals surface area contributed by atoms with Crippen LogP contribution in [0.4, 0.5) is 11.5 Å². The van der Waals surface area contributed by atoms with E-state index in [0.29, 0.717) is 23.5 Å². The zero-order valence-electron chi connectivity index (χ0n) is 13.1. The summed E-state index contributed by atoms with van der Waals surface area (Å²) >= 11 is 0. The first-order valence-corrected chi connectivity index (χ1v) is 7.24. The highest BCUT2D eigenvalue weighted by atomic mass is 16.5. The molecule has 0 aliphatic heterocycles. The summed E-state index contributed by atoms with van der Waals surface area (Å²) in [6.45, 7) is 9.64. The summed E-state index contributed by atoms with van der Waals surface area (Å²) in [5, 5.41) is 18.2. The summed E-state index contributed by atoms with van der Waals surface area (Å²) in [6.07, 6.45) is 0. The molecule has 0 aliphatic carbocycles. The molecule has 2 aromatic rings. The van der Waals surface area contributed by atoms with Crippen molar-refractivity contribution in [3.05, 3.63) is 41.2 Å². The number of nitriles is 1. The molecule has 3 N–H and O–H groups in total. The molecule has 0 aliphatic rings. The average Bonchev–Trinajstić information content (AvgIpc) is 2.60. The van der Waals surface area contributed by atoms with E-state index in [2.05, 4.69) is 9.83 Å². The molecule has 1 heterocycles. The zero-order chi connectivity index (χ0) is 17.5. The molecule has 7 nitrogen and oxygen atoms in total. The molecule has 0 saturated heterocycles. The maximum Gasteiger partial charge on any atom is 0.256 e. The molecule has 0 unspecified atom stereocenters. The van der Waals surface area contributed by atoms with E-state index in [0.717, 1.165) is 0 Å². The highest BCUT2D eigenvalue weighted by molar-refractivity contribution is 5.89. The van der Waals surface area contributed by atoms with Crippen LogP contribution >= 0.6 is 0 Å². The quantitative estimate of drug-likeness (QED) is 0.791. The fourth-order valence-electron chi connectivity index (χ4n) is 2.19. The van der Waals surface area contributed by atoms with Crippen molar-refractivity contribution in [3.63, 3.8) is 0 Å². The number of aromatic nitrogens is 1. The van der Waals surface area contributed by atoms with Crippen LogP contribution in [0.2, 0.25) is 0 Å². The standard InChI is InChI=1S/C17H16N4O3/c1-3-23-17-15(20-2)14(13(10-18)16(19)21-17)11-4-6-12(7-5-11)24-9-8-22/h4-7,22H,3,8-9H2,1H3,(H2,19,21). The van der Waals surface area contributed by atoms with Crippen LogP contribution in [0.25, 0.3) is 16.0 Å². The van der Waals surface area contributed by atoms with Crippen LogP contribution in [0.3, 0.4) is 0 Å². The maximum absolute atomic E-state index is 9.41. The van der Waals surface area contributed by atoms with Gasteiger partial charge >= 0.3 is 0 Å². The van der Waals surface area contributed by atoms with Gasteiger partial charge in [0, 0.05) is 5.56 Å². The molecule has 1 aromatic heterocycles. The highest BCUT2D eigenvalue weighted by Gasteiger charge is 2.21. The van der Waals surface area contributed by atoms with Crippen molar-refractivity contribution in [1.29, 1.82) is 5.26 Å². The average molecular weight is 324 g/mol. The first-order valence-electron chi connectivity index (χ1n) is 7.24. The first-order chi connectivity index (χ1) is 11.7. The third kappa shape index (κ3) is 3.37. The lowest BCUT2D eigenvalue weighted by atomic mass is 9.99. The number of anilines is 1. The Kier molecular flexibility index (Phi) is 5.56. The van der Waals surface area contributed by atoms with Gasteiger partial charge in [-0.25, -0.2) is 9.83 Å². The van der Waals surface area contributed by atoms with Crippen LogP contribution in [0.15, 0.2) is 24.3 Å². The van der Waals surface area contributed by atoms with Crippen molar-refractivity contribution >= 4 is 11.5 Å². The summed E-state index contributed by atoms with van der Waals surface area (Å²) in [7, 11) is 0. The van der Waals surface area contributed by atoms with Gasteiger partial charge in [-0.3, -0.25) is 0 Å². The number of nitrogen functional groups attached to an aromatic ring is 1. The highest BCUT2D eigenvalue weighted by Crippen LogP contribution is 2.42. The number of rotatable bonds is 6. The van der Waals surface area contributed by atoms with Gasteiger partial charge in [0.05, 0.1) is 25.3 Å². The van der Waals surface area contributed by atoms with Gasteiger partial charge < -0.3 is 20.3 Å². The fourth-order valence-corrected chi connectivity index (χ4v) is 2.19. The molecular weight excluding hydrogens is 308 g/mol. The molecule has 1 aromatic carbocycles. The number of nitrogens with two attached hydrogens (primary N) is 1. The van der Waals surface area contributed by atoms with Gasteiger partial charge in [-0.1, -0.05) is 12.1 Å². The second-order valence-electron chi connectivity index (χ2n) is 4.65. The predicted molar refractivity (Wildman–Crippen MR) is 88.8 cm³/mol. The first kappa shape index (κ1) is 17.1. The lowest BCUT2D eigenvalue weighted by molar-refractivity contribution is 0.201. The molecule has 2 rings (SSSR count). The molecular formula is C17H16N4O3. The molecule has 0 radical (unpaired) electrons. The number of hydrogen-bond donors (Lipinski definition) is 2. The number of aliphatic hydroxyl groups excluding tert-OH is 1. The van der Waals surface area contributed by atoms with E-state index in [1.807, 2.05) is 6.07 Å². The Bertz CT molecular complexity index is 805. The molecule has 24 heavy (non-hydrogen) atoms. The van der Waals surface area contributed by atoms with Crippen molar-refractivity contribution in [2.45, 2.75) is 6.92 Å². The van der Waals surface area contributed by atoms with Crippen molar-refractivity contribution in [2.75, 3.05) is 25.6 Å². The molecule has 0 fully saturated rings. The summed E-state index contributed by atoms with van der Waals surface area (Å²) in [4.78, 5) is 7.49. The molecule has 0 amide bonds. The number of aliphatic hydroxyl groups is 1. The van der Waals surface area contributed by atoms with E-state index in [4.69, 9.17) is 26.9 Å². The molecule has 7 heteroatoms. The van der Waals surface area contributed by atoms with Gasteiger partial charge in [-0.2, -0.15) is 5.26 Å². The minimum Gasteiger partial charge on any atom is -0.491 e. The van der Waals surface area contributed by atoms with Gasteiger partial charge in [-0.05, 0) is 24.6 Å². The SMILES string of the molecule is [C-]#[N+]c1c(OCC)nc(N)c(C#N)c1-c1ccc(OCCO)cc1. The van der Waals surface area contributed by atoms with E-state index < -0.39 is 0 Å². The van der Waals surface area contributed by atoms with E-state index in [1.165, 1.54) is 0 Å².